The van der Waals surface area contributed by atoms with E-state index in [0.717, 1.165) is 28.4 Å². The van der Waals surface area contributed by atoms with Crippen molar-refractivity contribution in [1.82, 2.24) is 10.3 Å². The highest BCUT2D eigenvalue weighted by molar-refractivity contribution is 7.99. The molecule has 1 aromatic heterocycles. The Kier molecular flexibility index (Phi) is 6.30. The van der Waals surface area contributed by atoms with Crippen LogP contribution in [0.3, 0.4) is 0 Å². The van der Waals surface area contributed by atoms with Crippen molar-refractivity contribution in [2.24, 2.45) is 0 Å². The standard InChI is InChI=1S/C19H20N2O2S2/c1-23-15-8-6-14(7-9-15)10-11-20-18(22)12-24-13-19-21-16-4-2-3-5-17(16)25-19/h2-9H,10-13H2,1H3,(H,20,22). The van der Waals surface area contributed by atoms with E-state index < -0.39 is 0 Å². The lowest BCUT2D eigenvalue weighted by Gasteiger charge is -2.06. The Morgan fingerprint density at radius 3 is 2.76 bits per heavy atom. The van der Waals surface area contributed by atoms with Crippen LogP contribution in [0.15, 0.2) is 48.5 Å². The van der Waals surface area contributed by atoms with Crippen LogP contribution in [0.25, 0.3) is 10.2 Å². The number of para-hydroxylation sites is 1. The van der Waals surface area contributed by atoms with Crippen molar-refractivity contribution in [3.63, 3.8) is 0 Å². The van der Waals surface area contributed by atoms with Crippen LogP contribution in [0.1, 0.15) is 10.6 Å². The van der Waals surface area contributed by atoms with Crippen LogP contribution in [0.5, 0.6) is 5.75 Å². The van der Waals surface area contributed by atoms with Gasteiger partial charge in [-0.05, 0) is 36.2 Å². The van der Waals surface area contributed by atoms with Gasteiger partial charge in [-0.2, -0.15) is 0 Å². The summed E-state index contributed by atoms with van der Waals surface area (Å²) in [6, 6.07) is 16.0. The van der Waals surface area contributed by atoms with Crippen molar-refractivity contribution in [3.8, 4) is 5.75 Å². The van der Waals surface area contributed by atoms with Crippen LogP contribution in [-0.2, 0) is 17.0 Å². The molecule has 1 amide bonds. The van der Waals surface area contributed by atoms with Gasteiger partial charge in [0.25, 0.3) is 0 Å². The molecule has 0 fully saturated rings. The Morgan fingerprint density at radius 1 is 1.20 bits per heavy atom. The maximum atomic E-state index is 11.9. The molecule has 3 rings (SSSR count). The second-order valence-electron chi connectivity index (χ2n) is 5.52. The zero-order chi connectivity index (χ0) is 17.5. The molecule has 130 valence electrons. The Hall–Kier alpha value is -2.05. The Balaban J connectivity index is 1.36. The molecule has 25 heavy (non-hydrogen) atoms. The van der Waals surface area contributed by atoms with Crippen LogP contribution in [0.2, 0.25) is 0 Å². The molecular weight excluding hydrogens is 352 g/mol. The summed E-state index contributed by atoms with van der Waals surface area (Å²) in [5, 5.41) is 4.03. The second-order valence-corrected chi connectivity index (χ2v) is 7.62. The van der Waals surface area contributed by atoms with E-state index in [1.54, 1.807) is 30.2 Å². The number of methoxy groups -OCH3 is 1. The predicted molar refractivity (Wildman–Crippen MR) is 105 cm³/mol. The minimum Gasteiger partial charge on any atom is -0.497 e. The summed E-state index contributed by atoms with van der Waals surface area (Å²) in [6.07, 6.45) is 0.818. The summed E-state index contributed by atoms with van der Waals surface area (Å²) >= 11 is 3.29. The first-order valence-electron chi connectivity index (χ1n) is 8.06. The van der Waals surface area contributed by atoms with Crippen LogP contribution < -0.4 is 10.1 Å². The quantitative estimate of drug-likeness (QED) is 0.652. The van der Waals surface area contributed by atoms with Gasteiger partial charge in [-0.25, -0.2) is 4.98 Å². The van der Waals surface area contributed by atoms with Gasteiger partial charge in [-0.3, -0.25) is 4.79 Å². The van der Waals surface area contributed by atoms with Crippen molar-refractivity contribution in [3.05, 3.63) is 59.1 Å². The van der Waals surface area contributed by atoms with Crippen LogP contribution in [-0.4, -0.2) is 30.3 Å². The van der Waals surface area contributed by atoms with Gasteiger partial charge in [0.05, 0.1) is 23.1 Å². The first kappa shape index (κ1) is 17.8. The number of thioether (sulfide) groups is 1. The van der Waals surface area contributed by atoms with Gasteiger partial charge in [0.1, 0.15) is 10.8 Å². The molecule has 3 aromatic rings. The fourth-order valence-corrected chi connectivity index (χ4v) is 4.28. The molecule has 0 saturated heterocycles. The molecule has 0 aliphatic heterocycles. The molecule has 4 nitrogen and oxygen atoms in total. The Labute approximate surface area is 155 Å². The smallest absolute Gasteiger partial charge is 0.230 e. The lowest BCUT2D eigenvalue weighted by Crippen LogP contribution is -2.27. The number of amides is 1. The Bertz CT molecular complexity index is 798. The highest BCUT2D eigenvalue weighted by Crippen LogP contribution is 2.24. The fourth-order valence-electron chi connectivity index (χ4n) is 2.40. The summed E-state index contributed by atoms with van der Waals surface area (Å²) < 4.78 is 6.33. The molecule has 0 aliphatic carbocycles. The van der Waals surface area contributed by atoms with Crippen LogP contribution >= 0.6 is 23.1 Å². The average molecular weight is 373 g/mol. The number of thiazole rings is 1. The lowest BCUT2D eigenvalue weighted by molar-refractivity contribution is -0.118. The SMILES string of the molecule is COc1ccc(CCNC(=O)CSCc2nc3ccccc3s2)cc1. The fraction of sp³-hybridized carbons (Fsp3) is 0.263. The third-order valence-corrected chi connectivity index (χ3v) is 5.85. The molecular formula is C19H20N2O2S2. The zero-order valence-electron chi connectivity index (χ0n) is 14.0. The number of carbonyl (C=O) groups excluding carboxylic acids is 1. The molecule has 1 N–H and O–H groups in total. The highest BCUT2D eigenvalue weighted by Gasteiger charge is 2.06. The van der Waals surface area contributed by atoms with Crippen LogP contribution in [0.4, 0.5) is 0 Å². The topological polar surface area (TPSA) is 51.2 Å². The monoisotopic (exact) mass is 372 g/mol. The van der Waals surface area contributed by atoms with E-state index in [1.807, 2.05) is 42.5 Å². The second kappa shape index (κ2) is 8.87. The number of nitrogens with zero attached hydrogens (tertiary/aromatic N) is 1. The molecule has 0 aliphatic rings. The number of ether oxygens (including phenoxy) is 1. The minimum atomic E-state index is 0.0691. The minimum absolute atomic E-state index is 0.0691. The maximum absolute atomic E-state index is 11.9. The van der Waals surface area contributed by atoms with E-state index in [4.69, 9.17) is 4.74 Å². The van der Waals surface area contributed by atoms with Gasteiger partial charge in [0.2, 0.25) is 5.91 Å². The summed E-state index contributed by atoms with van der Waals surface area (Å²) in [7, 11) is 1.65. The molecule has 2 aromatic carbocycles. The molecule has 0 radical (unpaired) electrons. The summed E-state index contributed by atoms with van der Waals surface area (Å²) in [6.45, 7) is 0.646. The maximum Gasteiger partial charge on any atom is 0.230 e. The Morgan fingerprint density at radius 2 is 2.00 bits per heavy atom. The number of hydrogen-bond acceptors (Lipinski definition) is 5. The molecule has 0 spiro atoms. The van der Waals surface area contributed by atoms with E-state index in [-0.39, 0.29) is 5.91 Å². The van der Waals surface area contributed by atoms with E-state index >= 15 is 0 Å². The van der Waals surface area contributed by atoms with Gasteiger partial charge in [-0.15, -0.1) is 23.1 Å². The molecule has 0 unspecified atom stereocenters. The van der Waals surface area contributed by atoms with Crippen molar-refractivity contribution < 1.29 is 9.53 Å². The van der Waals surface area contributed by atoms with E-state index in [2.05, 4.69) is 16.4 Å². The van der Waals surface area contributed by atoms with Gasteiger partial charge in [-0.1, -0.05) is 24.3 Å². The normalized spacial score (nSPS) is 10.8. The van der Waals surface area contributed by atoms with Crippen molar-refractivity contribution in [1.29, 1.82) is 0 Å². The number of aromatic nitrogens is 1. The summed E-state index contributed by atoms with van der Waals surface area (Å²) in [5.41, 5.74) is 2.22. The van der Waals surface area contributed by atoms with E-state index in [1.165, 1.54) is 10.3 Å². The predicted octanol–water partition coefficient (Wildman–Crippen LogP) is 3.90. The molecule has 0 saturated carbocycles. The van der Waals surface area contributed by atoms with Gasteiger partial charge < -0.3 is 10.1 Å². The first-order valence-corrected chi connectivity index (χ1v) is 10.0. The summed E-state index contributed by atoms with van der Waals surface area (Å²) in [4.78, 5) is 16.5. The highest BCUT2D eigenvalue weighted by atomic mass is 32.2. The number of carbonyl (C=O) groups is 1. The number of benzene rings is 2. The zero-order valence-corrected chi connectivity index (χ0v) is 15.7. The number of rotatable bonds is 8. The van der Waals surface area contributed by atoms with Crippen LogP contribution in [0, 0.1) is 0 Å². The lowest BCUT2D eigenvalue weighted by atomic mass is 10.1. The third-order valence-electron chi connectivity index (χ3n) is 3.69. The van der Waals surface area contributed by atoms with Crippen molar-refractivity contribution in [2.75, 3.05) is 19.4 Å². The number of nitrogens with one attached hydrogen (secondary N) is 1. The summed E-state index contributed by atoms with van der Waals surface area (Å²) in [5.74, 6) is 2.14. The first-order chi connectivity index (χ1) is 12.2. The van der Waals surface area contributed by atoms with Crippen molar-refractivity contribution >= 4 is 39.2 Å². The third kappa shape index (κ3) is 5.21. The van der Waals surface area contributed by atoms with E-state index in [0.29, 0.717) is 12.3 Å². The molecule has 6 heteroatoms. The van der Waals surface area contributed by atoms with Gasteiger partial charge in [0, 0.05) is 12.3 Å². The van der Waals surface area contributed by atoms with Gasteiger partial charge >= 0.3 is 0 Å². The number of hydrogen-bond donors (Lipinski definition) is 1. The average Bonchev–Trinajstić information content (AvgIpc) is 3.05. The van der Waals surface area contributed by atoms with Crippen molar-refractivity contribution in [2.45, 2.75) is 12.2 Å². The number of fused-ring (bicyclic) bond motifs is 1. The molecule has 0 bridgehead atoms. The largest absolute Gasteiger partial charge is 0.497 e. The van der Waals surface area contributed by atoms with E-state index in [9.17, 15) is 4.79 Å². The molecule has 1 heterocycles. The van der Waals surface area contributed by atoms with Gasteiger partial charge in [0.15, 0.2) is 0 Å². The molecule has 0 atom stereocenters.